The zero-order chi connectivity index (χ0) is 23.2. The third-order valence-electron chi connectivity index (χ3n) is 6.59. The van der Waals surface area contributed by atoms with E-state index >= 15 is 0 Å². The summed E-state index contributed by atoms with van der Waals surface area (Å²) in [5.41, 5.74) is 2.72. The number of hydrogen-bond acceptors (Lipinski definition) is 3. The van der Waals surface area contributed by atoms with Crippen molar-refractivity contribution in [1.29, 1.82) is 0 Å². The smallest absolute Gasteiger partial charge is 0.254 e. The highest BCUT2D eigenvalue weighted by Gasteiger charge is 2.29. The normalized spacial score (nSPS) is 16.2. The van der Waals surface area contributed by atoms with Gasteiger partial charge in [0.1, 0.15) is 0 Å². The average Bonchev–Trinajstić information content (AvgIpc) is 2.86. The monoisotopic (exact) mass is 443 g/mol. The molecule has 1 heterocycles. The summed E-state index contributed by atoms with van der Waals surface area (Å²) >= 11 is 0. The summed E-state index contributed by atoms with van der Waals surface area (Å²) in [6.07, 6.45) is 1.63. The number of carbonyl (C=O) groups is 2. The molecule has 0 aliphatic carbocycles. The van der Waals surface area contributed by atoms with E-state index in [-0.39, 0.29) is 17.7 Å². The lowest BCUT2D eigenvalue weighted by Gasteiger charge is -2.32. The summed E-state index contributed by atoms with van der Waals surface area (Å²) in [6, 6.07) is 21.9. The Labute approximate surface area is 196 Å². The van der Waals surface area contributed by atoms with Crippen LogP contribution in [0.4, 0.5) is 5.69 Å². The highest BCUT2D eigenvalue weighted by molar-refractivity contribution is 6.07. The molecule has 0 spiro atoms. The Kier molecular flexibility index (Phi) is 7.40. The molecular weight excluding hydrogens is 410 g/mol. The van der Waals surface area contributed by atoms with Crippen molar-refractivity contribution in [2.24, 2.45) is 5.92 Å². The first-order valence-electron chi connectivity index (χ1n) is 12.0. The van der Waals surface area contributed by atoms with Crippen LogP contribution in [0.2, 0.25) is 0 Å². The van der Waals surface area contributed by atoms with Crippen LogP contribution in [0.3, 0.4) is 0 Å². The van der Waals surface area contributed by atoms with Gasteiger partial charge in [-0.2, -0.15) is 0 Å². The molecule has 0 saturated carbocycles. The van der Waals surface area contributed by atoms with Crippen LogP contribution in [-0.4, -0.2) is 47.8 Å². The van der Waals surface area contributed by atoms with Crippen molar-refractivity contribution in [2.75, 3.05) is 31.5 Å². The number of amides is 2. The summed E-state index contributed by atoms with van der Waals surface area (Å²) in [6.45, 7) is 8.31. The van der Waals surface area contributed by atoms with Crippen molar-refractivity contribution in [3.63, 3.8) is 0 Å². The van der Waals surface area contributed by atoms with E-state index in [1.165, 1.54) is 5.56 Å². The van der Waals surface area contributed by atoms with E-state index in [4.69, 9.17) is 0 Å². The molecule has 1 unspecified atom stereocenters. The lowest BCUT2D eigenvalue weighted by Crippen LogP contribution is -2.43. The fourth-order valence-corrected chi connectivity index (χ4v) is 4.66. The summed E-state index contributed by atoms with van der Waals surface area (Å²) in [5, 5.41) is 5.11. The van der Waals surface area contributed by atoms with Crippen molar-refractivity contribution in [3.8, 4) is 0 Å². The van der Waals surface area contributed by atoms with E-state index in [9.17, 15) is 9.59 Å². The molecule has 172 valence electrons. The molecule has 3 aromatic carbocycles. The number of rotatable bonds is 7. The maximum atomic E-state index is 13.3. The van der Waals surface area contributed by atoms with Gasteiger partial charge in [0.05, 0.1) is 5.92 Å². The molecule has 0 radical (unpaired) electrons. The predicted octanol–water partition coefficient (Wildman–Crippen LogP) is 5.17. The zero-order valence-electron chi connectivity index (χ0n) is 19.6. The maximum absolute atomic E-state index is 13.3. The summed E-state index contributed by atoms with van der Waals surface area (Å²) < 4.78 is 0. The Bertz CT molecular complexity index is 1120. The topological polar surface area (TPSA) is 52.7 Å². The van der Waals surface area contributed by atoms with Crippen molar-refractivity contribution in [3.05, 3.63) is 77.9 Å². The summed E-state index contributed by atoms with van der Waals surface area (Å²) in [5.74, 6) is -0.208. The molecule has 0 bridgehead atoms. The van der Waals surface area contributed by atoms with Gasteiger partial charge in [-0.05, 0) is 60.5 Å². The largest absolute Gasteiger partial charge is 0.338 e. The molecule has 4 rings (SSSR count). The molecule has 1 aliphatic rings. The van der Waals surface area contributed by atoms with Gasteiger partial charge in [-0.15, -0.1) is 0 Å². The van der Waals surface area contributed by atoms with Crippen LogP contribution in [0.15, 0.2) is 66.7 Å². The van der Waals surface area contributed by atoms with Gasteiger partial charge in [-0.3, -0.25) is 14.5 Å². The number of benzene rings is 3. The molecule has 1 aliphatic heterocycles. The first-order valence-corrected chi connectivity index (χ1v) is 12.0. The fourth-order valence-electron chi connectivity index (χ4n) is 4.66. The van der Waals surface area contributed by atoms with Crippen LogP contribution in [0, 0.1) is 5.92 Å². The lowest BCUT2D eigenvalue weighted by molar-refractivity contribution is -0.121. The third kappa shape index (κ3) is 5.42. The summed E-state index contributed by atoms with van der Waals surface area (Å²) in [7, 11) is 0. The van der Waals surface area contributed by atoms with Crippen LogP contribution in [0.25, 0.3) is 10.8 Å². The number of hydrogen-bond donors (Lipinski definition) is 1. The van der Waals surface area contributed by atoms with Gasteiger partial charge in [-0.25, -0.2) is 0 Å². The Morgan fingerprint density at radius 3 is 2.58 bits per heavy atom. The highest BCUT2D eigenvalue weighted by atomic mass is 16.2. The van der Waals surface area contributed by atoms with E-state index in [1.807, 2.05) is 59.5 Å². The first-order chi connectivity index (χ1) is 16.1. The number of nitrogens with zero attached hydrogens (tertiary/aromatic N) is 2. The molecule has 1 atom stereocenters. The lowest BCUT2D eigenvalue weighted by atomic mass is 9.95. The zero-order valence-corrected chi connectivity index (χ0v) is 19.6. The van der Waals surface area contributed by atoms with Crippen molar-refractivity contribution in [2.45, 2.75) is 33.2 Å². The van der Waals surface area contributed by atoms with E-state index in [0.717, 1.165) is 48.9 Å². The van der Waals surface area contributed by atoms with Crippen LogP contribution < -0.4 is 5.32 Å². The molecule has 33 heavy (non-hydrogen) atoms. The number of anilines is 1. The fraction of sp³-hybridized carbons (Fsp3) is 0.357. The second-order valence-electron chi connectivity index (χ2n) is 8.77. The first kappa shape index (κ1) is 23.0. The highest BCUT2D eigenvalue weighted by Crippen LogP contribution is 2.24. The van der Waals surface area contributed by atoms with Crippen LogP contribution in [0.1, 0.15) is 42.6 Å². The van der Waals surface area contributed by atoms with Gasteiger partial charge < -0.3 is 10.2 Å². The molecular formula is C28H33N3O2. The molecule has 1 N–H and O–H groups in total. The average molecular weight is 444 g/mol. The predicted molar refractivity (Wildman–Crippen MR) is 134 cm³/mol. The molecule has 5 heteroatoms. The van der Waals surface area contributed by atoms with E-state index in [0.29, 0.717) is 18.7 Å². The minimum Gasteiger partial charge on any atom is -0.338 e. The van der Waals surface area contributed by atoms with Gasteiger partial charge in [0.2, 0.25) is 5.91 Å². The molecule has 3 aromatic rings. The van der Waals surface area contributed by atoms with E-state index < -0.39 is 0 Å². The van der Waals surface area contributed by atoms with E-state index in [2.05, 4.69) is 36.2 Å². The van der Waals surface area contributed by atoms with Gasteiger partial charge in [0, 0.05) is 30.9 Å². The number of nitrogens with one attached hydrogen (secondary N) is 1. The minimum absolute atomic E-state index is 0.00511. The quantitative estimate of drug-likeness (QED) is 0.548. The Hall–Kier alpha value is -3.18. The van der Waals surface area contributed by atoms with Gasteiger partial charge in [-0.1, -0.05) is 62.4 Å². The van der Waals surface area contributed by atoms with Crippen molar-refractivity contribution < 1.29 is 9.59 Å². The molecule has 0 aromatic heterocycles. The molecule has 1 fully saturated rings. The molecule has 1 saturated heterocycles. The summed E-state index contributed by atoms with van der Waals surface area (Å²) in [4.78, 5) is 30.6. The number of fused-ring (bicyclic) bond motifs is 1. The Balaban J connectivity index is 1.43. The Morgan fingerprint density at radius 1 is 1.00 bits per heavy atom. The number of piperidine rings is 1. The van der Waals surface area contributed by atoms with Crippen molar-refractivity contribution >= 4 is 28.3 Å². The van der Waals surface area contributed by atoms with Crippen LogP contribution in [-0.2, 0) is 11.3 Å². The van der Waals surface area contributed by atoms with E-state index in [1.54, 1.807) is 0 Å². The second kappa shape index (κ2) is 10.6. The minimum atomic E-state index is -0.205. The number of likely N-dealkylation sites (tertiary alicyclic amines) is 1. The standard InChI is InChI=1S/C28H33N3O2/c1-3-30(4-2)19-21-10-7-14-24(18-21)29-27(32)23-13-9-17-31(20-23)28(33)26-16-8-12-22-11-5-6-15-25(22)26/h5-8,10-12,14-16,18,23H,3-4,9,13,17,19-20H2,1-2H3,(H,29,32). The molecule has 5 nitrogen and oxygen atoms in total. The maximum Gasteiger partial charge on any atom is 0.254 e. The second-order valence-corrected chi connectivity index (χ2v) is 8.77. The van der Waals surface area contributed by atoms with Crippen LogP contribution >= 0.6 is 0 Å². The number of carbonyl (C=O) groups excluding carboxylic acids is 2. The Morgan fingerprint density at radius 2 is 1.76 bits per heavy atom. The van der Waals surface area contributed by atoms with Gasteiger partial charge in [0.15, 0.2) is 0 Å². The van der Waals surface area contributed by atoms with Crippen LogP contribution in [0.5, 0.6) is 0 Å². The van der Waals surface area contributed by atoms with Gasteiger partial charge >= 0.3 is 0 Å². The van der Waals surface area contributed by atoms with Gasteiger partial charge in [0.25, 0.3) is 5.91 Å². The van der Waals surface area contributed by atoms with Crippen molar-refractivity contribution in [1.82, 2.24) is 9.80 Å². The molecule has 2 amide bonds. The third-order valence-corrected chi connectivity index (χ3v) is 6.59. The SMILES string of the molecule is CCN(CC)Cc1cccc(NC(=O)C2CCCN(C(=O)c3cccc4ccccc34)C2)c1.